The van der Waals surface area contributed by atoms with Crippen LogP contribution in [-0.2, 0) is 17.9 Å². The quantitative estimate of drug-likeness (QED) is 0.780. The third-order valence-electron chi connectivity index (χ3n) is 2.42. The number of alkyl halides is 2. The topological polar surface area (TPSA) is 34.4 Å². The van der Waals surface area contributed by atoms with Gasteiger partial charge in [-0.3, -0.25) is 0 Å². The van der Waals surface area contributed by atoms with Crippen molar-refractivity contribution in [3.63, 3.8) is 0 Å². The lowest BCUT2D eigenvalue weighted by atomic mass is 10.2. The van der Waals surface area contributed by atoms with Crippen LogP contribution in [0.2, 0.25) is 0 Å². The predicted molar refractivity (Wildman–Crippen MR) is 65.6 cm³/mol. The highest BCUT2D eigenvalue weighted by atomic mass is 19.3. The summed E-state index contributed by atoms with van der Waals surface area (Å²) in [6.45, 7) is 7.27. The summed E-state index contributed by atoms with van der Waals surface area (Å²) in [5.74, 6) is 2.12. The molecule has 0 atom stereocenters. The number of halogens is 2. The Morgan fingerprint density at radius 2 is 2.11 bits per heavy atom. The van der Waals surface area contributed by atoms with Crippen LogP contribution in [0.25, 0.3) is 0 Å². The predicted octanol–water partition coefficient (Wildman–Crippen LogP) is 3.12. The molecule has 0 aliphatic heterocycles. The number of nitrogens with one attached hydrogen (secondary N) is 1. The summed E-state index contributed by atoms with van der Waals surface area (Å²) in [5, 5.41) is 3.26. The minimum Gasteiger partial charge on any atom is -0.465 e. The van der Waals surface area contributed by atoms with Crippen LogP contribution in [0.1, 0.15) is 30.9 Å². The summed E-state index contributed by atoms with van der Waals surface area (Å²) in [6, 6.07) is 1.86. The number of ether oxygens (including phenoxy) is 1. The lowest BCUT2D eigenvalue weighted by Gasteiger charge is -2.04. The molecule has 18 heavy (non-hydrogen) atoms. The molecule has 1 rings (SSSR count). The monoisotopic (exact) mass is 261 g/mol. The largest absolute Gasteiger partial charge is 0.465 e. The maximum Gasteiger partial charge on any atom is 0.261 e. The van der Waals surface area contributed by atoms with Gasteiger partial charge in [-0.05, 0) is 25.5 Å². The Bertz CT molecular complexity index is 351. The Balaban J connectivity index is 2.38. The maximum atomic E-state index is 11.9. The molecule has 0 fully saturated rings. The molecular weight excluding hydrogens is 240 g/mol. The molecule has 1 aromatic heterocycles. The average Bonchev–Trinajstić information content (AvgIpc) is 2.58. The van der Waals surface area contributed by atoms with Gasteiger partial charge in [-0.15, -0.1) is 0 Å². The van der Waals surface area contributed by atoms with Crippen molar-refractivity contribution in [2.45, 2.75) is 40.3 Å². The Morgan fingerprint density at radius 1 is 1.39 bits per heavy atom. The SMILES string of the molecule is Cc1oc(CNCC(C)C)cc1COCC(F)F. The summed E-state index contributed by atoms with van der Waals surface area (Å²) in [7, 11) is 0. The van der Waals surface area contributed by atoms with Crippen LogP contribution in [-0.4, -0.2) is 19.6 Å². The lowest BCUT2D eigenvalue weighted by molar-refractivity contribution is 0.00953. The molecule has 0 spiro atoms. The van der Waals surface area contributed by atoms with Crippen molar-refractivity contribution in [3.05, 3.63) is 23.2 Å². The smallest absolute Gasteiger partial charge is 0.261 e. The first-order valence-electron chi connectivity index (χ1n) is 6.13. The fourth-order valence-electron chi connectivity index (χ4n) is 1.56. The van der Waals surface area contributed by atoms with E-state index in [2.05, 4.69) is 19.2 Å². The Morgan fingerprint density at radius 3 is 2.72 bits per heavy atom. The van der Waals surface area contributed by atoms with Crippen LogP contribution in [0.3, 0.4) is 0 Å². The summed E-state index contributed by atoms with van der Waals surface area (Å²) >= 11 is 0. The molecule has 0 radical (unpaired) electrons. The Hall–Kier alpha value is -0.940. The van der Waals surface area contributed by atoms with Gasteiger partial charge in [-0.1, -0.05) is 13.8 Å². The molecule has 0 amide bonds. The molecular formula is C13H21F2NO2. The van der Waals surface area contributed by atoms with Crippen molar-refractivity contribution in [2.24, 2.45) is 5.92 Å². The van der Waals surface area contributed by atoms with Crippen LogP contribution in [0.5, 0.6) is 0 Å². The minimum atomic E-state index is -2.43. The van der Waals surface area contributed by atoms with Crippen LogP contribution in [0.15, 0.2) is 10.5 Å². The molecule has 0 aliphatic rings. The van der Waals surface area contributed by atoms with E-state index >= 15 is 0 Å². The van der Waals surface area contributed by atoms with Gasteiger partial charge in [0.15, 0.2) is 0 Å². The highest BCUT2D eigenvalue weighted by molar-refractivity contribution is 5.19. The third-order valence-corrected chi connectivity index (χ3v) is 2.42. The minimum absolute atomic E-state index is 0.170. The first kappa shape index (κ1) is 15.1. The molecule has 0 saturated carbocycles. The number of hydrogen-bond donors (Lipinski definition) is 1. The maximum absolute atomic E-state index is 11.9. The van der Waals surface area contributed by atoms with Gasteiger partial charge in [0.2, 0.25) is 0 Å². The van der Waals surface area contributed by atoms with Crippen LogP contribution in [0, 0.1) is 12.8 Å². The third kappa shape index (κ3) is 5.60. The highest BCUT2D eigenvalue weighted by Crippen LogP contribution is 2.16. The zero-order valence-electron chi connectivity index (χ0n) is 11.1. The fourth-order valence-corrected chi connectivity index (χ4v) is 1.56. The number of hydrogen-bond acceptors (Lipinski definition) is 3. The molecule has 1 aromatic rings. The summed E-state index contributed by atoms with van der Waals surface area (Å²) in [6.07, 6.45) is -2.43. The average molecular weight is 261 g/mol. The number of furan rings is 1. The molecule has 0 bridgehead atoms. The van der Waals surface area contributed by atoms with Gasteiger partial charge in [-0.2, -0.15) is 0 Å². The van der Waals surface area contributed by atoms with Crippen LogP contribution in [0.4, 0.5) is 8.78 Å². The number of aryl methyl sites for hydroxylation is 1. The van der Waals surface area contributed by atoms with E-state index in [0.29, 0.717) is 12.5 Å². The van der Waals surface area contributed by atoms with Gasteiger partial charge in [0.25, 0.3) is 6.43 Å². The van der Waals surface area contributed by atoms with Gasteiger partial charge in [-0.25, -0.2) is 8.78 Å². The van der Waals surface area contributed by atoms with Gasteiger partial charge in [0.1, 0.15) is 18.1 Å². The van der Waals surface area contributed by atoms with Crippen molar-refractivity contribution < 1.29 is 17.9 Å². The van der Waals surface area contributed by atoms with Gasteiger partial charge < -0.3 is 14.5 Å². The molecule has 5 heteroatoms. The van der Waals surface area contributed by atoms with Crippen molar-refractivity contribution >= 4 is 0 Å². The van der Waals surface area contributed by atoms with Crippen molar-refractivity contribution in [1.29, 1.82) is 0 Å². The highest BCUT2D eigenvalue weighted by Gasteiger charge is 2.09. The zero-order chi connectivity index (χ0) is 13.5. The zero-order valence-corrected chi connectivity index (χ0v) is 11.1. The molecule has 104 valence electrons. The van der Waals surface area contributed by atoms with Crippen molar-refractivity contribution in [3.8, 4) is 0 Å². The first-order valence-corrected chi connectivity index (χ1v) is 6.13. The van der Waals surface area contributed by atoms with Crippen molar-refractivity contribution in [1.82, 2.24) is 5.32 Å². The Labute approximate surface area is 107 Å². The van der Waals surface area contributed by atoms with E-state index in [1.54, 1.807) is 0 Å². The number of rotatable bonds is 8. The fraction of sp³-hybridized carbons (Fsp3) is 0.692. The molecule has 3 nitrogen and oxygen atoms in total. The van der Waals surface area contributed by atoms with E-state index in [4.69, 9.17) is 9.15 Å². The lowest BCUT2D eigenvalue weighted by Crippen LogP contribution is -2.18. The molecule has 0 unspecified atom stereocenters. The molecule has 0 saturated heterocycles. The second kappa shape index (κ2) is 7.48. The van der Waals surface area contributed by atoms with Gasteiger partial charge in [0.05, 0.1) is 13.2 Å². The van der Waals surface area contributed by atoms with Crippen molar-refractivity contribution in [2.75, 3.05) is 13.2 Å². The normalized spacial score (nSPS) is 11.7. The molecule has 1 N–H and O–H groups in total. The molecule has 1 heterocycles. The van der Waals surface area contributed by atoms with E-state index < -0.39 is 13.0 Å². The van der Waals surface area contributed by atoms with Gasteiger partial charge >= 0.3 is 0 Å². The Kier molecular flexibility index (Phi) is 6.29. The standard InChI is InChI=1S/C13H21F2NO2/c1-9(2)5-16-6-12-4-11(10(3)18-12)7-17-8-13(14)15/h4,9,13,16H,5-8H2,1-3H3. The second-order valence-electron chi connectivity index (χ2n) is 4.73. The molecule has 0 aliphatic carbocycles. The van der Waals surface area contributed by atoms with E-state index in [-0.39, 0.29) is 6.61 Å². The summed E-state index contributed by atoms with van der Waals surface area (Å²) in [4.78, 5) is 0. The van der Waals surface area contributed by atoms with E-state index in [1.807, 2.05) is 13.0 Å². The second-order valence-corrected chi connectivity index (χ2v) is 4.73. The summed E-state index contributed by atoms with van der Waals surface area (Å²) in [5.41, 5.74) is 0.831. The van der Waals surface area contributed by atoms with Crippen LogP contribution < -0.4 is 5.32 Å². The first-order chi connectivity index (χ1) is 8.49. The van der Waals surface area contributed by atoms with E-state index in [1.165, 1.54) is 0 Å². The van der Waals surface area contributed by atoms with Gasteiger partial charge in [0, 0.05) is 5.56 Å². The molecule has 0 aromatic carbocycles. The van der Waals surface area contributed by atoms with E-state index in [9.17, 15) is 8.78 Å². The van der Waals surface area contributed by atoms with E-state index in [0.717, 1.165) is 23.6 Å². The van der Waals surface area contributed by atoms with Crippen LogP contribution >= 0.6 is 0 Å². The summed E-state index contributed by atoms with van der Waals surface area (Å²) < 4.78 is 34.3.